The average molecular weight is 678 g/mol. The molecule has 39 heavy (non-hydrogen) atoms. The van der Waals surface area contributed by atoms with E-state index in [4.69, 9.17) is 0 Å². The third kappa shape index (κ3) is 4.19. The number of pyridine rings is 2. The predicted octanol–water partition coefficient (Wildman–Crippen LogP) is 8.58. The summed E-state index contributed by atoms with van der Waals surface area (Å²) in [5.74, 6) is 0. The van der Waals surface area contributed by atoms with Gasteiger partial charge in [-0.3, -0.25) is 0 Å². The Hall–Kier alpha value is -4.37. The summed E-state index contributed by atoms with van der Waals surface area (Å²) in [5, 5.41) is 6.10. The van der Waals surface area contributed by atoms with E-state index >= 15 is 0 Å². The van der Waals surface area contributed by atoms with Crippen LogP contribution in [0.3, 0.4) is 0 Å². The van der Waals surface area contributed by atoms with E-state index in [-0.39, 0.29) is 20.1 Å². The molecule has 0 unspecified atom stereocenters. The van der Waals surface area contributed by atoms with Crippen molar-refractivity contribution in [1.29, 1.82) is 0 Å². The van der Waals surface area contributed by atoms with Crippen molar-refractivity contribution in [2.24, 2.45) is 0 Å². The molecular formula is C35H23IrN3-2. The van der Waals surface area contributed by atoms with Crippen LogP contribution in [0.5, 0.6) is 0 Å². The molecule has 8 rings (SSSR count). The van der Waals surface area contributed by atoms with Crippen LogP contribution in [0.1, 0.15) is 5.56 Å². The van der Waals surface area contributed by atoms with Crippen molar-refractivity contribution in [2.45, 2.75) is 6.92 Å². The summed E-state index contributed by atoms with van der Waals surface area (Å²) in [6, 6.07) is 43.9. The molecule has 0 amide bonds. The van der Waals surface area contributed by atoms with Gasteiger partial charge in [0.05, 0.1) is 0 Å². The Kier molecular flexibility index (Phi) is 6.66. The molecule has 0 aliphatic rings. The zero-order valence-corrected chi connectivity index (χ0v) is 23.6. The molecule has 3 heterocycles. The van der Waals surface area contributed by atoms with Crippen molar-refractivity contribution in [3.8, 4) is 16.9 Å². The summed E-state index contributed by atoms with van der Waals surface area (Å²) < 4.78 is 2.34. The Labute approximate surface area is 240 Å². The average Bonchev–Trinajstić information content (AvgIpc) is 3.33. The van der Waals surface area contributed by atoms with E-state index in [0.717, 1.165) is 22.2 Å². The van der Waals surface area contributed by atoms with Gasteiger partial charge < -0.3 is 14.5 Å². The SMILES string of the molecule is Cc1ccc[c-]c1-c1ccccn1.[Ir].[c-]1ccc2c3c1c1ncccc1c1cccc(c13)n2-c1ccccc1. The normalized spacial score (nSPS) is 11.0. The topological polar surface area (TPSA) is 30.7 Å². The summed E-state index contributed by atoms with van der Waals surface area (Å²) in [7, 11) is 0. The first-order valence-electron chi connectivity index (χ1n) is 12.7. The molecule has 0 fully saturated rings. The van der Waals surface area contributed by atoms with Crippen LogP contribution in [0.25, 0.3) is 60.4 Å². The number of hydrogen-bond donors (Lipinski definition) is 0. The molecule has 0 bridgehead atoms. The summed E-state index contributed by atoms with van der Waals surface area (Å²) in [5.41, 5.74) is 7.92. The van der Waals surface area contributed by atoms with Crippen LogP contribution in [0.15, 0.2) is 122 Å². The van der Waals surface area contributed by atoms with Crippen molar-refractivity contribution in [3.05, 3.63) is 139 Å². The molecule has 0 aliphatic heterocycles. The molecule has 4 heteroatoms. The largest absolute Gasteiger partial charge is 0.328 e. The van der Waals surface area contributed by atoms with Gasteiger partial charge in [0, 0.05) is 43.7 Å². The van der Waals surface area contributed by atoms with Crippen molar-refractivity contribution in [2.75, 3.05) is 0 Å². The van der Waals surface area contributed by atoms with Crippen LogP contribution < -0.4 is 0 Å². The second kappa shape index (κ2) is 10.4. The Morgan fingerprint density at radius 2 is 1.41 bits per heavy atom. The third-order valence-electron chi connectivity index (χ3n) is 7.08. The zero-order valence-electron chi connectivity index (χ0n) is 21.2. The van der Waals surface area contributed by atoms with E-state index in [2.05, 4.69) is 100 Å². The Bertz CT molecular complexity index is 1940. The minimum absolute atomic E-state index is 0. The van der Waals surface area contributed by atoms with E-state index in [1.807, 2.05) is 48.7 Å². The molecule has 0 N–H and O–H groups in total. The molecule has 3 aromatic heterocycles. The quantitative estimate of drug-likeness (QED) is 0.136. The molecule has 189 valence electrons. The van der Waals surface area contributed by atoms with Crippen molar-refractivity contribution in [3.63, 3.8) is 0 Å². The number of nitrogens with zero attached hydrogens (tertiary/aromatic N) is 3. The van der Waals surface area contributed by atoms with Gasteiger partial charge in [-0.1, -0.05) is 60.8 Å². The van der Waals surface area contributed by atoms with Crippen molar-refractivity contribution >= 4 is 43.5 Å². The molecule has 3 nitrogen and oxygen atoms in total. The monoisotopic (exact) mass is 678 g/mol. The molecule has 0 aliphatic carbocycles. The molecule has 0 saturated heterocycles. The van der Waals surface area contributed by atoms with E-state index in [1.165, 1.54) is 43.8 Å². The molecule has 5 aromatic carbocycles. The second-order valence-electron chi connectivity index (χ2n) is 9.33. The number of benzene rings is 5. The minimum atomic E-state index is 0. The van der Waals surface area contributed by atoms with E-state index in [9.17, 15) is 0 Å². The van der Waals surface area contributed by atoms with Crippen LogP contribution in [0.4, 0.5) is 0 Å². The number of para-hydroxylation sites is 1. The first-order chi connectivity index (χ1) is 18.8. The zero-order chi connectivity index (χ0) is 25.5. The van der Waals surface area contributed by atoms with E-state index < -0.39 is 0 Å². The first-order valence-corrected chi connectivity index (χ1v) is 12.7. The van der Waals surface area contributed by atoms with Crippen LogP contribution in [-0.2, 0) is 20.1 Å². The summed E-state index contributed by atoms with van der Waals surface area (Å²) in [6.07, 6.45) is 3.67. The van der Waals surface area contributed by atoms with Gasteiger partial charge in [0.25, 0.3) is 0 Å². The van der Waals surface area contributed by atoms with Gasteiger partial charge in [-0.05, 0) is 63.2 Å². The van der Waals surface area contributed by atoms with Gasteiger partial charge in [0.2, 0.25) is 0 Å². The Morgan fingerprint density at radius 1 is 0.615 bits per heavy atom. The fourth-order valence-electron chi connectivity index (χ4n) is 5.44. The van der Waals surface area contributed by atoms with Gasteiger partial charge in [-0.25, -0.2) is 0 Å². The summed E-state index contributed by atoms with van der Waals surface area (Å²) >= 11 is 0. The van der Waals surface area contributed by atoms with Gasteiger partial charge in [0.1, 0.15) is 0 Å². The standard InChI is InChI=1S/C23H13N2.C12H10N.Ir/c1-2-7-15(8-3-1)25-19-12-4-9-16-17-11-6-14-24-23(17)18-10-5-13-20(25)22(18)21(16)19;1-10-6-2-3-7-11(10)12-8-4-5-9-13-12;/h1-9,11-14H;2-6,8-9H,1H3;/q2*-1;. The second-order valence-corrected chi connectivity index (χ2v) is 9.33. The van der Waals surface area contributed by atoms with E-state index in [1.54, 1.807) is 6.20 Å². The van der Waals surface area contributed by atoms with Crippen LogP contribution in [-0.4, -0.2) is 14.5 Å². The smallest absolute Gasteiger partial charge is 0.0444 e. The van der Waals surface area contributed by atoms with Gasteiger partial charge in [-0.15, -0.1) is 59.0 Å². The fraction of sp³-hybridized carbons (Fsp3) is 0.0286. The molecule has 8 aromatic rings. The van der Waals surface area contributed by atoms with Crippen LogP contribution >= 0.6 is 0 Å². The maximum absolute atomic E-state index is 4.67. The summed E-state index contributed by atoms with van der Waals surface area (Å²) in [6.45, 7) is 2.07. The number of rotatable bonds is 2. The third-order valence-corrected chi connectivity index (χ3v) is 7.08. The van der Waals surface area contributed by atoms with Gasteiger partial charge in [0.15, 0.2) is 0 Å². The first kappa shape index (κ1) is 24.9. The van der Waals surface area contributed by atoms with Crippen molar-refractivity contribution < 1.29 is 20.1 Å². The minimum Gasteiger partial charge on any atom is -0.328 e. The molecule has 0 atom stereocenters. The summed E-state index contributed by atoms with van der Waals surface area (Å²) in [4.78, 5) is 8.95. The Balaban J connectivity index is 0.000000169. The number of aromatic nitrogens is 3. The number of aryl methyl sites for hydroxylation is 1. The molecule has 0 saturated carbocycles. The number of fused-ring (bicyclic) bond motifs is 3. The Morgan fingerprint density at radius 3 is 2.23 bits per heavy atom. The molecular weight excluding hydrogens is 655 g/mol. The van der Waals surface area contributed by atoms with Crippen molar-refractivity contribution in [1.82, 2.24) is 14.5 Å². The molecule has 1 radical (unpaired) electrons. The van der Waals surface area contributed by atoms with Gasteiger partial charge in [-0.2, -0.15) is 0 Å². The molecule has 0 spiro atoms. The van der Waals surface area contributed by atoms with Gasteiger partial charge >= 0.3 is 0 Å². The van der Waals surface area contributed by atoms with E-state index in [0.29, 0.717) is 0 Å². The predicted molar refractivity (Wildman–Crippen MR) is 157 cm³/mol. The van der Waals surface area contributed by atoms with Crippen LogP contribution in [0.2, 0.25) is 0 Å². The van der Waals surface area contributed by atoms with Crippen LogP contribution in [0, 0.1) is 19.1 Å². The maximum atomic E-state index is 4.67. The maximum Gasteiger partial charge on any atom is 0.0444 e. The number of hydrogen-bond acceptors (Lipinski definition) is 2. The fourth-order valence-corrected chi connectivity index (χ4v) is 5.44.